The van der Waals surface area contributed by atoms with Gasteiger partial charge < -0.3 is 9.64 Å². The molecule has 196 valence electrons. The van der Waals surface area contributed by atoms with Crippen molar-refractivity contribution in [2.75, 3.05) is 51.3 Å². The van der Waals surface area contributed by atoms with Crippen LogP contribution >= 0.6 is 0 Å². The van der Waals surface area contributed by atoms with Crippen LogP contribution in [0, 0.1) is 12.8 Å². The van der Waals surface area contributed by atoms with Crippen LogP contribution in [0.4, 0.5) is 5.95 Å². The second kappa shape index (κ2) is 12.7. The summed E-state index contributed by atoms with van der Waals surface area (Å²) in [6.07, 6.45) is 2.34. The Morgan fingerprint density at radius 2 is 1.84 bits per heavy atom. The first-order chi connectivity index (χ1) is 17.9. The van der Waals surface area contributed by atoms with Gasteiger partial charge in [-0.15, -0.1) is 0 Å². The number of rotatable bonds is 10. The van der Waals surface area contributed by atoms with E-state index in [0.29, 0.717) is 32.1 Å². The van der Waals surface area contributed by atoms with Gasteiger partial charge in [0.15, 0.2) is 0 Å². The molecule has 0 unspecified atom stereocenters. The molecule has 1 saturated heterocycles. The van der Waals surface area contributed by atoms with Crippen LogP contribution in [0.1, 0.15) is 25.8 Å². The fourth-order valence-corrected chi connectivity index (χ4v) is 4.39. The molecule has 0 aliphatic carbocycles. The van der Waals surface area contributed by atoms with E-state index < -0.39 is 0 Å². The van der Waals surface area contributed by atoms with Crippen LogP contribution in [0.15, 0.2) is 60.8 Å². The summed E-state index contributed by atoms with van der Waals surface area (Å²) in [4.78, 5) is 35.0. The van der Waals surface area contributed by atoms with E-state index in [4.69, 9.17) is 9.72 Å². The topological polar surface area (TPSA) is 79.7 Å². The Balaban J connectivity index is 1.53. The molecular formula is C29H37N5O3. The van der Waals surface area contributed by atoms with Crippen molar-refractivity contribution in [1.29, 1.82) is 0 Å². The number of hydrogen-bond donors (Lipinski definition) is 1. The molecule has 1 N–H and O–H groups in total. The lowest BCUT2D eigenvalue weighted by Crippen LogP contribution is -2.45. The summed E-state index contributed by atoms with van der Waals surface area (Å²) in [6.45, 7) is 10.3. The number of hydrogen-bond acceptors (Lipinski definition) is 5. The predicted molar refractivity (Wildman–Crippen MR) is 146 cm³/mol. The SMILES string of the molecule is Cc1cccc(-n2cc(-c3ccccc3)nc2NC(=O)CN(CCN2CCOCC2)C(=O)CC(C)C)c1. The van der Waals surface area contributed by atoms with E-state index >= 15 is 0 Å². The maximum atomic E-state index is 13.3. The molecule has 4 rings (SSSR count). The van der Waals surface area contributed by atoms with Crippen LogP contribution in [0.25, 0.3) is 16.9 Å². The van der Waals surface area contributed by atoms with Gasteiger partial charge >= 0.3 is 0 Å². The van der Waals surface area contributed by atoms with Crippen LogP contribution in [-0.4, -0.2) is 77.1 Å². The summed E-state index contributed by atoms with van der Waals surface area (Å²) >= 11 is 0. The van der Waals surface area contributed by atoms with E-state index in [9.17, 15) is 9.59 Å². The summed E-state index contributed by atoms with van der Waals surface area (Å²) in [5.74, 6) is 0.373. The Morgan fingerprint density at radius 1 is 1.08 bits per heavy atom. The molecule has 37 heavy (non-hydrogen) atoms. The van der Waals surface area contributed by atoms with Crippen LogP contribution < -0.4 is 5.32 Å². The number of nitrogens with zero attached hydrogens (tertiary/aromatic N) is 4. The van der Waals surface area contributed by atoms with Gasteiger partial charge in [0.05, 0.1) is 25.5 Å². The number of anilines is 1. The summed E-state index contributed by atoms with van der Waals surface area (Å²) in [6, 6.07) is 17.9. The summed E-state index contributed by atoms with van der Waals surface area (Å²) in [5.41, 5.74) is 3.74. The third-order valence-corrected chi connectivity index (χ3v) is 6.37. The Labute approximate surface area is 219 Å². The minimum absolute atomic E-state index is 0.00888. The van der Waals surface area contributed by atoms with Crippen molar-refractivity contribution >= 4 is 17.8 Å². The molecule has 0 bridgehead atoms. The number of amides is 2. The fourth-order valence-electron chi connectivity index (χ4n) is 4.39. The van der Waals surface area contributed by atoms with E-state index in [2.05, 4.69) is 10.2 Å². The third-order valence-electron chi connectivity index (χ3n) is 6.37. The number of nitrogens with one attached hydrogen (secondary N) is 1. The number of aromatic nitrogens is 2. The van der Waals surface area contributed by atoms with Crippen molar-refractivity contribution in [3.63, 3.8) is 0 Å². The number of benzene rings is 2. The van der Waals surface area contributed by atoms with E-state index in [-0.39, 0.29) is 24.3 Å². The van der Waals surface area contributed by atoms with Crippen molar-refractivity contribution in [2.24, 2.45) is 5.92 Å². The average molecular weight is 504 g/mol. The lowest BCUT2D eigenvalue weighted by atomic mass is 10.1. The zero-order valence-corrected chi connectivity index (χ0v) is 22.0. The molecule has 3 aromatic rings. The molecule has 0 saturated carbocycles. The highest BCUT2D eigenvalue weighted by atomic mass is 16.5. The second-order valence-corrected chi connectivity index (χ2v) is 9.94. The number of imidazole rings is 1. The molecule has 1 aromatic heterocycles. The maximum Gasteiger partial charge on any atom is 0.246 e. The minimum atomic E-state index is -0.266. The zero-order chi connectivity index (χ0) is 26.2. The Hall–Kier alpha value is -3.49. The minimum Gasteiger partial charge on any atom is -0.379 e. The van der Waals surface area contributed by atoms with Crippen LogP contribution in [-0.2, 0) is 14.3 Å². The first kappa shape index (κ1) is 26.6. The first-order valence-corrected chi connectivity index (χ1v) is 13.0. The molecule has 2 amide bonds. The Kier molecular flexibility index (Phi) is 9.09. The molecule has 0 radical (unpaired) electrons. The van der Waals surface area contributed by atoms with Crippen molar-refractivity contribution in [3.8, 4) is 16.9 Å². The van der Waals surface area contributed by atoms with Gasteiger partial charge in [0.1, 0.15) is 0 Å². The van der Waals surface area contributed by atoms with Gasteiger partial charge in [-0.2, -0.15) is 0 Å². The van der Waals surface area contributed by atoms with Crippen molar-refractivity contribution in [1.82, 2.24) is 19.4 Å². The highest BCUT2D eigenvalue weighted by Crippen LogP contribution is 2.24. The fraction of sp³-hybridized carbons (Fsp3) is 0.414. The van der Waals surface area contributed by atoms with Gasteiger partial charge in [-0.3, -0.25) is 24.4 Å². The number of morpholine rings is 1. The van der Waals surface area contributed by atoms with E-state index in [0.717, 1.165) is 42.1 Å². The smallest absolute Gasteiger partial charge is 0.246 e. The number of aryl methyl sites for hydroxylation is 1. The van der Waals surface area contributed by atoms with Crippen LogP contribution in [0.3, 0.4) is 0 Å². The number of carbonyl (C=O) groups excluding carboxylic acids is 2. The number of ether oxygens (including phenoxy) is 1. The molecule has 2 heterocycles. The molecule has 2 aromatic carbocycles. The van der Waals surface area contributed by atoms with E-state index in [1.54, 1.807) is 4.90 Å². The van der Waals surface area contributed by atoms with Crippen LogP contribution in [0.5, 0.6) is 0 Å². The monoisotopic (exact) mass is 503 g/mol. The Bertz CT molecular complexity index is 1190. The Morgan fingerprint density at radius 3 is 2.54 bits per heavy atom. The van der Waals surface area contributed by atoms with Crippen molar-refractivity contribution < 1.29 is 14.3 Å². The molecule has 8 nitrogen and oxygen atoms in total. The standard InChI is InChI=1S/C29H37N5O3/c1-22(2)18-28(36)33(13-12-32-14-16-37-17-15-32)21-27(35)31-29-30-26(24-9-5-4-6-10-24)20-34(29)25-11-7-8-23(3)19-25/h4-11,19-20,22H,12-18,21H2,1-3H3,(H,30,31,35). The lowest BCUT2D eigenvalue weighted by Gasteiger charge is -2.30. The van der Waals surface area contributed by atoms with Gasteiger partial charge in [0, 0.05) is 50.0 Å². The summed E-state index contributed by atoms with van der Waals surface area (Å²) < 4.78 is 7.32. The van der Waals surface area contributed by atoms with Crippen molar-refractivity contribution in [3.05, 3.63) is 66.4 Å². The lowest BCUT2D eigenvalue weighted by molar-refractivity contribution is -0.135. The summed E-state index contributed by atoms with van der Waals surface area (Å²) in [7, 11) is 0. The highest BCUT2D eigenvalue weighted by Gasteiger charge is 2.22. The average Bonchev–Trinajstić information content (AvgIpc) is 3.31. The third kappa shape index (κ3) is 7.50. The number of carbonyl (C=O) groups is 2. The molecule has 1 aliphatic heterocycles. The first-order valence-electron chi connectivity index (χ1n) is 13.0. The van der Waals surface area contributed by atoms with Gasteiger partial charge in [-0.25, -0.2) is 4.98 Å². The quantitative estimate of drug-likeness (QED) is 0.453. The van der Waals surface area contributed by atoms with Gasteiger partial charge in [0.25, 0.3) is 0 Å². The summed E-state index contributed by atoms with van der Waals surface area (Å²) in [5, 5.41) is 2.98. The molecule has 0 spiro atoms. The van der Waals surface area contributed by atoms with Crippen LogP contribution in [0.2, 0.25) is 0 Å². The predicted octanol–water partition coefficient (Wildman–Crippen LogP) is 3.99. The van der Waals surface area contributed by atoms with Gasteiger partial charge in [-0.05, 0) is 30.5 Å². The van der Waals surface area contributed by atoms with Gasteiger partial charge in [-0.1, -0.05) is 56.3 Å². The van der Waals surface area contributed by atoms with E-state index in [1.165, 1.54) is 0 Å². The molecule has 1 aliphatic rings. The largest absolute Gasteiger partial charge is 0.379 e. The van der Waals surface area contributed by atoms with Gasteiger partial charge in [0.2, 0.25) is 17.8 Å². The molecular weight excluding hydrogens is 466 g/mol. The zero-order valence-electron chi connectivity index (χ0n) is 22.0. The van der Waals surface area contributed by atoms with Crippen molar-refractivity contribution in [2.45, 2.75) is 27.2 Å². The van der Waals surface area contributed by atoms with E-state index in [1.807, 2.05) is 86.1 Å². The normalized spacial score (nSPS) is 14.1. The highest BCUT2D eigenvalue weighted by molar-refractivity contribution is 5.94. The second-order valence-electron chi connectivity index (χ2n) is 9.94. The molecule has 1 fully saturated rings. The molecule has 8 heteroatoms. The maximum absolute atomic E-state index is 13.3. The molecule has 0 atom stereocenters.